The molecule has 2 nitrogen and oxygen atoms in total. The Morgan fingerprint density at radius 2 is 2.18 bits per heavy atom. The lowest BCUT2D eigenvalue weighted by atomic mass is 10.1. The SMILES string of the molecule is CC1CN(c2ccc(Br)cc2CCl)CCN1C. The molecule has 1 saturated heterocycles. The Kier molecular flexibility index (Phi) is 4.34. The normalized spacial score (nSPS) is 21.9. The van der Waals surface area contributed by atoms with Gasteiger partial charge in [-0.05, 0) is 37.7 Å². The zero-order valence-electron chi connectivity index (χ0n) is 10.3. The van der Waals surface area contributed by atoms with Crippen molar-refractivity contribution in [3.05, 3.63) is 28.2 Å². The van der Waals surface area contributed by atoms with Crippen molar-refractivity contribution in [1.29, 1.82) is 0 Å². The van der Waals surface area contributed by atoms with Gasteiger partial charge in [0.15, 0.2) is 0 Å². The minimum Gasteiger partial charge on any atom is -0.368 e. The highest BCUT2D eigenvalue weighted by atomic mass is 79.9. The first-order valence-electron chi connectivity index (χ1n) is 5.91. The second kappa shape index (κ2) is 5.59. The minimum absolute atomic E-state index is 0.565. The van der Waals surface area contributed by atoms with Crippen LogP contribution in [0.3, 0.4) is 0 Å². The first-order chi connectivity index (χ1) is 8.11. The van der Waals surface area contributed by atoms with Crippen LogP contribution in [-0.4, -0.2) is 37.6 Å². The lowest BCUT2D eigenvalue weighted by Gasteiger charge is -2.39. The molecule has 0 radical (unpaired) electrons. The summed E-state index contributed by atoms with van der Waals surface area (Å²) in [5, 5.41) is 0. The summed E-state index contributed by atoms with van der Waals surface area (Å²) < 4.78 is 1.10. The number of piperazine rings is 1. The zero-order chi connectivity index (χ0) is 12.4. The summed E-state index contributed by atoms with van der Waals surface area (Å²) in [6.07, 6.45) is 0. The summed E-state index contributed by atoms with van der Waals surface area (Å²) in [7, 11) is 2.19. The molecule has 1 heterocycles. The lowest BCUT2D eigenvalue weighted by Crippen LogP contribution is -2.50. The maximum atomic E-state index is 6.03. The van der Waals surface area contributed by atoms with E-state index in [0.717, 1.165) is 24.1 Å². The third-order valence-electron chi connectivity index (χ3n) is 3.49. The summed E-state index contributed by atoms with van der Waals surface area (Å²) in [6, 6.07) is 6.97. The van der Waals surface area contributed by atoms with Crippen LogP contribution in [0.4, 0.5) is 5.69 Å². The Balaban J connectivity index is 2.22. The third kappa shape index (κ3) is 2.95. The number of likely N-dealkylation sites (N-methyl/N-ethyl adjacent to an activating group) is 1. The molecule has 0 bridgehead atoms. The van der Waals surface area contributed by atoms with Gasteiger partial charge < -0.3 is 9.80 Å². The summed E-state index contributed by atoms with van der Waals surface area (Å²) in [5.41, 5.74) is 2.49. The van der Waals surface area contributed by atoms with Crippen molar-refractivity contribution in [3.63, 3.8) is 0 Å². The molecule has 0 saturated carbocycles. The molecule has 0 aromatic heterocycles. The van der Waals surface area contributed by atoms with Gasteiger partial charge in [0.2, 0.25) is 0 Å². The standard InChI is InChI=1S/C13H18BrClN2/c1-10-9-17(6-5-16(10)2)13-4-3-12(14)7-11(13)8-15/h3-4,7,10H,5-6,8-9H2,1-2H3. The molecule has 0 N–H and O–H groups in total. The quantitative estimate of drug-likeness (QED) is 0.772. The van der Waals surface area contributed by atoms with Gasteiger partial charge in [0, 0.05) is 41.7 Å². The zero-order valence-corrected chi connectivity index (χ0v) is 12.6. The fourth-order valence-electron chi connectivity index (χ4n) is 2.24. The Bertz CT molecular complexity index is 397. The molecule has 94 valence electrons. The van der Waals surface area contributed by atoms with Gasteiger partial charge in [-0.3, -0.25) is 0 Å². The Morgan fingerprint density at radius 3 is 2.82 bits per heavy atom. The molecule has 17 heavy (non-hydrogen) atoms. The minimum atomic E-state index is 0.565. The number of benzene rings is 1. The number of nitrogens with zero attached hydrogens (tertiary/aromatic N) is 2. The lowest BCUT2D eigenvalue weighted by molar-refractivity contribution is 0.234. The summed E-state index contributed by atoms with van der Waals surface area (Å²) in [4.78, 5) is 4.84. The van der Waals surface area contributed by atoms with E-state index >= 15 is 0 Å². The predicted molar refractivity (Wildman–Crippen MR) is 78.0 cm³/mol. The van der Waals surface area contributed by atoms with E-state index in [4.69, 9.17) is 11.6 Å². The highest BCUT2D eigenvalue weighted by Crippen LogP contribution is 2.27. The second-order valence-corrected chi connectivity index (χ2v) is 5.87. The van der Waals surface area contributed by atoms with Gasteiger partial charge in [-0.15, -0.1) is 11.6 Å². The van der Waals surface area contributed by atoms with E-state index in [0.29, 0.717) is 11.9 Å². The summed E-state index contributed by atoms with van der Waals surface area (Å²) >= 11 is 9.53. The Hall–Kier alpha value is -0.250. The van der Waals surface area contributed by atoms with Gasteiger partial charge >= 0.3 is 0 Å². The summed E-state index contributed by atoms with van der Waals surface area (Å²) in [6.45, 7) is 5.53. The van der Waals surface area contributed by atoms with E-state index in [1.165, 1.54) is 11.3 Å². The number of alkyl halides is 1. The van der Waals surface area contributed by atoms with Crippen LogP contribution in [0, 0.1) is 0 Å². The molecular formula is C13H18BrClN2. The number of anilines is 1. The van der Waals surface area contributed by atoms with Crippen molar-refractivity contribution in [3.8, 4) is 0 Å². The van der Waals surface area contributed by atoms with Crippen LogP contribution < -0.4 is 4.90 Å². The molecule has 0 spiro atoms. The number of hydrogen-bond acceptors (Lipinski definition) is 2. The molecule has 1 unspecified atom stereocenters. The monoisotopic (exact) mass is 316 g/mol. The van der Waals surface area contributed by atoms with Gasteiger partial charge in [0.25, 0.3) is 0 Å². The van der Waals surface area contributed by atoms with E-state index in [-0.39, 0.29) is 0 Å². The molecule has 1 aromatic carbocycles. The van der Waals surface area contributed by atoms with Crippen LogP contribution in [0.5, 0.6) is 0 Å². The van der Waals surface area contributed by atoms with Crippen LogP contribution in [-0.2, 0) is 5.88 Å². The van der Waals surface area contributed by atoms with Gasteiger partial charge in [-0.1, -0.05) is 15.9 Å². The van der Waals surface area contributed by atoms with Gasteiger partial charge in [-0.2, -0.15) is 0 Å². The van der Waals surface area contributed by atoms with Crippen LogP contribution in [0.1, 0.15) is 12.5 Å². The number of rotatable bonds is 2. The van der Waals surface area contributed by atoms with Crippen molar-refractivity contribution < 1.29 is 0 Å². The molecule has 1 aromatic rings. The smallest absolute Gasteiger partial charge is 0.0494 e. The maximum Gasteiger partial charge on any atom is 0.0494 e. The Morgan fingerprint density at radius 1 is 1.41 bits per heavy atom. The number of hydrogen-bond donors (Lipinski definition) is 0. The number of halogens is 2. The molecule has 4 heteroatoms. The van der Waals surface area contributed by atoms with Gasteiger partial charge in [0.05, 0.1) is 0 Å². The van der Waals surface area contributed by atoms with Gasteiger partial charge in [0.1, 0.15) is 0 Å². The first-order valence-corrected chi connectivity index (χ1v) is 7.24. The van der Waals surface area contributed by atoms with Gasteiger partial charge in [-0.25, -0.2) is 0 Å². The van der Waals surface area contributed by atoms with E-state index in [9.17, 15) is 0 Å². The third-order valence-corrected chi connectivity index (χ3v) is 4.27. The summed E-state index contributed by atoms with van der Waals surface area (Å²) in [5.74, 6) is 0.565. The molecule has 1 atom stereocenters. The average molecular weight is 318 g/mol. The first kappa shape index (κ1) is 13.2. The molecule has 1 aliphatic rings. The van der Waals surface area contributed by atoms with E-state index < -0.39 is 0 Å². The fourth-order valence-corrected chi connectivity index (χ4v) is 2.86. The highest BCUT2D eigenvalue weighted by Gasteiger charge is 2.22. The van der Waals surface area contributed by atoms with Crippen molar-refractivity contribution in [2.45, 2.75) is 18.8 Å². The van der Waals surface area contributed by atoms with E-state index in [1.807, 2.05) is 0 Å². The Labute approximate surface area is 117 Å². The van der Waals surface area contributed by atoms with Crippen LogP contribution in [0.25, 0.3) is 0 Å². The highest BCUT2D eigenvalue weighted by molar-refractivity contribution is 9.10. The maximum absolute atomic E-state index is 6.03. The van der Waals surface area contributed by atoms with Crippen LogP contribution in [0.15, 0.2) is 22.7 Å². The average Bonchev–Trinajstić information content (AvgIpc) is 2.32. The van der Waals surface area contributed by atoms with E-state index in [2.05, 4.69) is 57.9 Å². The molecule has 1 aliphatic heterocycles. The van der Waals surface area contributed by atoms with Crippen molar-refractivity contribution in [2.24, 2.45) is 0 Å². The van der Waals surface area contributed by atoms with Crippen molar-refractivity contribution >= 4 is 33.2 Å². The largest absolute Gasteiger partial charge is 0.368 e. The molecule has 2 rings (SSSR count). The fraction of sp³-hybridized carbons (Fsp3) is 0.538. The van der Waals surface area contributed by atoms with Crippen LogP contribution >= 0.6 is 27.5 Å². The van der Waals surface area contributed by atoms with Crippen LogP contribution in [0.2, 0.25) is 0 Å². The molecule has 1 fully saturated rings. The molecular weight excluding hydrogens is 300 g/mol. The predicted octanol–water partition coefficient (Wildman–Crippen LogP) is 3.33. The van der Waals surface area contributed by atoms with Crippen molar-refractivity contribution in [1.82, 2.24) is 4.90 Å². The van der Waals surface area contributed by atoms with E-state index in [1.54, 1.807) is 0 Å². The molecule has 0 amide bonds. The molecule has 0 aliphatic carbocycles. The topological polar surface area (TPSA) is 6.48 Å². The second-order valence-electron chi connectivity index (χ2n) is 4.68. The van der Waals surface area contributed by atoms with Crippen molar-refractivity contribution in [2.75, 3.05) is 31.6 Å².